The predicted octanol–water partition coefficient (Wildman–Crippen LogP) is 2.69. The lowest BCUT2D eigenvalue weighted by molar-refractivity contribution is 0.369. The minimum Gasteiger partial charge on any atom is -0.338 e. The first kappa shape index (κ1) is 10.1. The second kappa shape index (κ2) is 3.73. The zero-order valence-corrected chi connectivity index (χ0v) is 9.84. The van der Waals surface area contributed by atoms with E-state index in [1.165, 1.54) is 16.5 Å². The van der Waals surface area contributed by atoms with Crippen LogP contribution in [-0.2, 0) is 6.54 Å². The normalized spacial score (nSPS) is 11.2. The molecule has 3 aromatic rings. The fraction of sp³-hybridized carbons (Fsp3) is 0.231. The van der Waals surface area contributed by atoms with Crippen LogP contribution in [-0.4, -0.2) is 14.7 Å². The largest absolute Gasteiger partial charge is 0.338 e. The number of rotatable bonds is 2. The minimum absolute atomic E-state index is 0.619. The van der Waals surface area contributed by atoms with Crippen molar-refractivity contribution in [2.45, 2.75) is 20.4 Å². The molecule has 0 atom stereocenters. The van der Waals surface area contributed by atoms with Crippen molar-refractivity contribution in [3.05, 3.63) is 47.7 Å². The molecule has 0 N–H and O–H groups in total. The predicted molar refractivity (Wildman–Crippen MR) is 64.8 cm³/mol. The number of fused-ring (bicyclic) bond motifs is 1. The van der Waals surface area contributed by atoms with Crippen LogP contribution in [0.5, 0.6) is 0 Å². The van der Waals surface area contributed by atoms with Crippen LogP contribution in [0.1, 0.15) is 17.3 Å². The van der Waals surface area contributed by atoms with Gasteiger partial charge in [-0.1, -0.05) is 17.3 Å². The van der Waals surface area contributed by atoms with Crippen LogP contribution in [0.3, 0.4) is 0 Å². The van der Waals surface area contributed by atoms with Gasteiger partial charge in [0.2, 0.25) is 5.89 Å². The standard InChI is InChI=1S/C13H13N3O/c1-9-4-3-5-12-11(9)6-7-16(12)8-13-14-10(2)15-17-13/h3-7H,8H2,1-2H3. The van der Waals surface area contributed by atoms with Crippen LogP contribution in [0.2, 0.25) is 0 Å². The average Bonchev–Trinajstić information content (AvgIpc) is 2.88. The van der Waals surface area contributed by atoms with E-state index < -0.39 is 0 Å². The average molecular weight is 227 g/mol. The molecule has 0 bridgehead atoms. The van der Waals surface area contributed by atoms with Crippen LogP contribution in [0.4, 0.5) is 0 Å². The molecule has 0 unspecified atom stereocenters. The third-order valence-electron chi connectivity index (χ3n) is 2.91. The Labute approximate surface area is 98.9 Å². The number of hydrogen-bond donors (Lipinski definition) is 0. The topological polar surface area (TPSA) is 43.9 Å². The lowest BCUT2D eigenvalue weighted by Gasteiger charge is -2.02. The second-order valence-electron chi connectivity index (χ2n) is 4.19. The van der Waals surface area contributed by atoms with E-state index in [0.717, 1.165) is 0 Å². The monoisotopic (exact) mass is 227 g/mol. The van der Waals surface area contributed by atoms with Crippen molar-refractivity contribution in [2.24, 2.45) is 0 Å². The van der Waals surface area contributed by atoms with E-state index >= 15 is 0 Å². The van der Waals surface area contributed by atoms with Gasteiger partial charge in [-0.15, -0.1) is 0 Å². The fourth-order valence-electron chi connectivity index (χ4n) is 2.07. The molecule has 0 saturated carbocycles. The molecule has 0 spiro atoms. The van der Waals surface area contributed by atoms with Crippen molar-refractivity contribution in [3.63, 3.8) is 0 Å². The van der Waals surface area contributed by atoms with E-state index in [0.29, 0.717) is 18.3 Å². The number of nitrogens with zero attached hydrogens (tertiary/aromatic N) is 3. The van der Waals surface area contributed by atoms with E-state index in [9.17, 15) is 0 Å². The molecule has 17 heavy (non-hydrogen) atoms. The quantitative estimate of drug-likeness (QED) is 0.676. The zero-order chi connectivity index (χ0) is 11.8. The summed E-state index contributed by atoms with van der Waals surface area (Å²) in [5.41, 5.74) is 2.48. The molecule has 4 nitrogen and oxygen atoms in total. The van der Waals surface area contributed by atoms with E-state index in [4.69, 9.17) is 4.52 Å². The SMILES string of the molecule is Cc1noc(Cn2ccc3c(C)cccc32)n1. The van der Waals surface area contributed by atoms with E-state index in [1.54, 1.807) is 0 Å². The van der Waals surface area contributed by atoms with Crippen molar-refractivity contribution in [2.75, 3.05) is 0 Å². The highest BCUT2D eigenvalue weighted by Crippen LogP contribution is 2.20. The van der Waals surface area contributed by atoms with Crippen molar-refractivity contribution in [1.29, 1.82) is 0 Å². The third kappa shape index (κ3) is 1.71. The molecule has 0 amide bonds. The number of benzene rings is 1. The highest BCUT2D eigenvalue weighted by atomic mass is 16.5. The van der Waals surface area contributed by atoms with E-state index in [-0.39, 0.29) is 0 Å². The lowest BCUT2D eigenvalue weighted by atomic mass is 10.1. The van der Waals surface area contributed by atoms with Gasteiger partial charge < -0.3 is 9.09 Å². The molecule has 0 aliphatic rings. The molecule has 86 valence electrons. The maximum absolute atomic E-state index is 5.13. The molecule has 0 aliphatic carbocycles. The van der Waals surface area contributed by atoms with E-state index in [2.05, 4.69) is 52.1 Å². The summed E-state index contributed by atoms with van der Waals surface area (Å²) >= 11 is 0. The van der Waals surface area contributed by atoms with Gasteiger partial charge in [0, 0.05) is 17.1 Å². The van der Waals surface area contributed by atoms with Gasteiger partial charge in [-0.25, -0.2) is 0 Å². The van der Waals surface area contributed by atoms with Gasteiger partial charge in [-0.3, -0.25) is 0 Å². The first-order valence-corrected chi connectivity index (χ1v) is 5.58. The van der Waals surface area contributed by atoms with Crippen LogP contribution in [0, 0.1) is 13.8 Å². The van der Waals surface area contributed by atoms with Gasteiger partial charge in [-0.2, -0.15) is 4.98 Å². The molecule has 2 aromatic heterocycles. The third-order valence-corrected chi connectivity index (χ3v) is 2.91. The lowest BCUT2D eigenvalue weighted by Crippen LogP contribution is -1.98. The van der Waals surface area contributed by atoms with Crippen molar-refractivity contribution < 1.29 is 4.52 Å². The first-order valence-electron chi connectivity index (χ1n) is 5.58. The Morgan fingerprint density at radius 1 is 1.24 bits per heavy atom. The van der Waals surface area contributed by atoms with Gasteiger partial charge in [0.05, 0.1) is 0 Å². The number of hydrogen-bond acceptors (Lipinski definition) is 3. The van der Waals surface area contributed by atoms with Crippen LogP contribution < -0.4 is 0 Å². The highest BCUT2D eigenvalue weighted by molar-refractivity contribution is 5.83. The van der Waals surface area contributed by atoms with Crippen molar-refractivity contribution in [1.82, 2.24) is 14.7 Å². The van der Waals surface area contributed by atoms with Crippen LogP contribution in [0.15, 0.2) is 35.0 Å². The van der Waals surface area contributed by atoms with Gasteiger partial charge in [0.25, 0.3) is 0 Å². The van der Waals surface area contributed by atoms with Crippen molar-refractivity contribution in [3.8, 4) is 0 Å². The summed E-state index contributed by atoms with van der Waals surface area (Å²) in [5, 5.41) is 5.06. The summed E-state index contributed by atoms with van der Waals surface area (Å²) in [7, 11) is 0. The second-order valence-corrected chi connectivity index (χ2v) is 4.19. The molecule has 0 aliphatic heterocycles. The Kier molecular flexibility index (Phi) is 2.21. The Hall–Kier alpha value is -2.10. The molecule has 2 heterocycles. The Morgan fingerprint density at radius 3 is 2.88 bits per heavy atom. The molecule has 0 radical (unpaired) electrons. The van der Waals surface area contributed by atoms with Gasteiger partial charge in [0.1, 0.15) is 6.54 Å². The molecule has 4 heteroatoms. The molecular weight excluding hydrogens is 214 g/mol. The maximum Gasteiger partial charge on any atom is 0.246 e. The van der Waals surface area contributed by atoms with Crippen molar-refractivity contribution >= 4 is 10.9 Å². The maximum atomic E-state index is 5.13. The Bertz CT molecular complexity index is 666. The fourth-order valence-corrected chi connectivity index (χ4v) is 2.07. The van der Waals surface area contributed by atoms with Gasteiger partial charge >= 0.3 is 0 Å². The summed E-state index contributed by atoms with van der Waals surface area (Å²) in [4.78, 5) is 4.22. The number of aryl methyl sites for hydroxylation is 2. The van der Waals surface area contributed by atoms with E-state index in [1.807, 2.05) is 6.92 Å². The number of aromatic nitrogens is 3. The Morgan fingerprint density at radius 2 is 2.12 bits per heavy atom. The molecule has 0 saturated heterocycles. The highest BCUT2D eigenvalue weighted by Gasteiger charge is 2.07. The Balaban J connectivity index is 2.04. The van der Waals surface area contributed by atoms with Gasteiger partial charge in [-0.05, 0) is 31.5 Å². The smallest absolute Gasteiger partial charge is 0.246 e. The molecular formula is C13H13N3O. The summed E-state index contributed by atoms with van der Waals surface area (Å²) in [6.07, 6.45) is 2.05. The van der Waals surface area contributed by atoms with Gasteiger partial charge in [0.15, 0.2) is 5.82 Å². The first-order chi connectivity index (χ1) is 8.24. The zero-order valence-electron chi connectivity index (χ0n) is 9.84. The molecule has 0 fully saturated rings. The van der Waals surface area contributed by atoms with Crippen LogP contribution in [0.25, 0.3) is 10.9 Å². The summed E-state index contributed by atoms with van der Waals surface area (Å²) in [6.45, 7) is 4.56. The summed E-state index contributed by atoms with van der Waals surface area (Å²) in [6, 6.07) is 8.40. The molecule has 3 rings (SSSR count). The molecule has 1 aromatic carbocycles. The summed E-state index contributed by atoms with van der Waals surface area (Å²) < 4.78 is 7.26. The minimum atomic E-state index is 0.619. The summed E-state index contributed by atoms with van der Waals surface area (Å²) in [5.74, 6) is 1.31. The van der Waals surface area contributed by atoms with Crippen LogP contribution >= 0.6 is 0 Å².